The lowest BCUT2D eigenvalue weighted by Crippen LogP contribution is -2.15. The Bertz CT molecular complexity index is 2280. The molecule has 8 aromatic rings. The number of benzene rings is 2. The maximum atomic E-state index is 6.20. The number of hydrogen-bond donors (Lipinski definition) is 7. The number of nitrogens with one attached hydrogen (secondary N) is 4. The molecule has 0 atom stereocenters. The highest BCUT2D eigenvalue weighted by molar-refractivity contribution is 6.10. The molecule has 12 nitrogen and oxygen atoms in total. The lowest BCUT2D eigenvalue weighted by atomic mass is 10.1. The van der Waals surface area contributed by atoms with Crippen LogP contribution < -0.4 is 17.2 Å². The molecule has 8 rings (SSSR count). The van der Waals surface area contributed by atoms with Gasteiger partial charge in [0.2, 0.25) is 0 Å². The molecule has 46 heavy (non-hydrogen) atoms. The van der Waals surface area contributed by atoms with Crippen LogP contribution in [-0.4, -0.2) is 72.4 Å². The predicted octanol–water partition coefficient (Wildman–Crippen LogP) is 4.98. The summed E-state index contributed by atoms with van der Waals surface area (Å²) in [5.74, 6) is 1.09. The normalized spacial score (nSPS) is 11.7. The van der Waals surface area contributed by atoms with E-state index in [9.17, 15) is 0 Å². The fourth-order valence-electron chi connectivity index (χ4n) is 5.84. The number of fused-ring (bicyclic) bond motifs is 6. The van der Waals surface area contributed by atoms with E-state index in [4.69, 9.17) is 17.2 Å². The molecule has 0 bridgehead atoms. The SMILES string of the molecule is CN(C)CCc1cc2c(N)nc3cc(-c4ccn[nH]4)ccc3c2[nH]1.NCCc1cc2c(N)nc3cc(-c4ccn[nH]4)ccc3c2[nH]1. The van der Waals surface area contributed by atoms with Gasteiger partial charge in [0, 0.05) is 69.4 Å². The number of likely N-dealkylation sites (N-methyl/N-ethyl adjacent to an activating group) is 1. The molecule has 0 radical (unpaired) electrons. The maximum absolute atomic E-state index is 6.20. The predicted molar refractivity (Wildman–Crippen MR) is 186 cm³/mol. The van der Waals surface area contributed by atoms with E-state index in [1.807, 2.05) is 30.3 Å². The Morgan fingerprint density at radius 2 is 1.13 bits per heavy atom. The molecule has 12 heteroatoms. The van der Waals surface area contributed by atoms with Crippen molar-refractivity contribution in [3.8, 4) is 22.5 Å². The first-order valence-electron chi connectivity index (χ1n) is 15.1. The average Bonchev–Trinajstić information content (AvgIpc) is 3.87. The molecule has 0 amide bonds. The fraction of sp³-hybridized carbons (Fsp3) is 0.176. The van der Waals surface area contributed by atoms with Crippen LogP contribution in [0.2, 0.25) is 0 Å². The molecular weight excluding hydrogens is 576 g/mol. The molecule has 232 valence electrons. The summed E-state index contributed by atoms with van der Waals surface area (Å²) in [6.45, 7) is 1.59. The summed E-state index contributed by atoms with van der Waals surface area (Å²) in [7, 11) is 4.15. The maximum Gasteiger partial charge on any atom is 0.133 e. The van der Waals surface area contributed by atoms with Crippen molar-refractivity contribution in [2.45, 2.75) is 12.8 Å². The van der Waals surface area contributed by atoms with Crippen LogP contribution in [-0.2, 0) is 12.8 Å². The molecular formula is C34H36N12. The summed E-state index contributed by atoms with van der Waals surface area (Å²) in [5, 5.41) is 18.0. The van der Waals surface area contributed by atoms with E-state index in [0.717, 1.165) is 91.2 Å². The first-order chi connectivity index (χ1) is 22.4. The summed E-state index contributed by atoms with van der Waals surface area (Å²) in [6.07, 6.45) is 5.22. The van der Waals surface area contributed by atoms with Gasteiger partial charge in [-0.05, 0) is 63.5 Å². The van der Waals surface area contributed by atoms with Gasteiger partial charge in [0.05, 0.1) is 33.5 Å². The van der Waals surface area contributed by atoms with Gasteiger partial charge in [-0.25, -0.2) is 9.97 Å². The summed E-state index contributed by atoms with van der Waals surface area (Å²) < 4.78 is 0. The lowest BCUT2D eigenvalue weighted by Gasteiger charge is -2.07. The van der Waals surface area contributed by atoms with Crippen molar-refractivity contribution in [3.05, 3.63) is 84.4 Å². The lowest BCUT2D eigenvalue weighted by molar-refractivity contribution is 0.412. The third-order valence-electron chi connectivity index (χ3n) is 8.18. The molecule has 0 aliphatic rings. The van der Waals surface area contributed by atoms with E-state index in [1.165, 1.54) is 5.69 Å². The van der Waals surface area contributed by atoms with Crippen molar-refractivity contribution in [3.63, 3.8) is 0 Å². The number of nitrogen functional groups attached to an aromatic ring is 2. The van der Waals surface area contributed by atoms with Crippen molar-refractivity contribution in [2.24, 2.45) is 5.73 Å². The van der Waals surface area contributed by atoms with Crippen molar-refractivity contribution < 1.29 is 0 Å². The monoisotopic (exact) mass is 612 g/mol. The highest BCUT2D eigenvalue weighted by atomic mass is 15.1. The number of nitrogens with zero attached hydrogens (tertiary/aromatic N) is 5. The zero-order valence-electron chi connectivity index (χ0n) is 25.7. The molecule has 6 aromatic heterocycles. The number of hydrogen-bond acceptors (Lipinski definition) is 8. The minimum absolute atomic E-state index is 0.531. The number of pyridine rings is 2. The molecule has 0 spiro atoms. The van der Waals surface area contributed by atoms with Gasteiger partial charge in [-0.2, -0.15) is 10.2 Å². The van der Waals surface area contributed by atoms with Crippen LogP contribution in [0.15, 0.2) is 73.1 Å². The van der Waals surface area contributed by atoms with Crippen molar-refractivity contribution in [1.82, 2.24) is 45.2 Å². The van der Waals surface area contributed by atoms with E-state index in [0.29, 0.717) is 18.2 Å². The number of aromatic nitrogens is 8. The Labute approximate surface area is 264 Å². The van der Waals surface area contributed by atoms with E-state index >= 15 is 0 Å². The molecule has 0 aliphatic carbocycles. The Hall–Kier alpha value is -5.72. The molecule has 10 N–H and O–H groups in total. The van der Waals surface area contributed by atoms with Crippen LogP contribution >= 0.6 is 0 Å². The highest BCUT2D eigenvalue weighted by Crippen LogP contribution is 2.32. The van der Waals surface area contributed by atoms with Crippen molar-refractivity contribution in [2.75, 3.05) is 38.7 Å². The Morgan fingerprint density at radius 3 is 1.57 bits per heavy atom. The highest BCUT2D eigenvalue weighted by Gasteiger charge is 2.13. The van der Waals surface area contributed by atoms with Gasteiger partial charge in [-0.3, -0.25) is 10.2 Å². The van der Waals surface area contributed by atoms with Gasteiger partial charge in [0.15, 0.2) is 0 Å². The third-order valence-corrected chi connectivity index (χ3v) is 8.18. The molecule has 6 heterocycles. The first kappa shape index (κ1) is 29.0. The van der Waals surface area contributed by atoms with Gasteiger partial charge in [-0.1, -0.05) is 24.3 Å². The second-order valence-electron chi connectivity index (χ2n) is 11.7. The topological polar surface area (TPSA) is 196 Å². The van der Waals surface area contributed by atoms with E-state index in [1.54, 1.807) is 12.4 Å². The summed E-state index contributed by atoms with van der Waals surface area (Å²) >= 11 is 0. The van der Waals surface area contributed by atoms with Crippen molar-refractivity contribution >= 4 is 55.2 Å². The number of anilines is 2. The van der Waals surface area contributed by atoms with E-state index in [2.05, 4.69) is 89.7 Å². The minimum atomic E-state index is 0.531. The molecule has 0 unspecified atom stereocenters. The molecule has 0 aliphatic heterocycles. The van der Waals surface area contributed by atoms with Gasteiger partial charge in [0.1, 0.15) is 11.6 Å². The third kappa shape index (κ3) is 5.51. The molecule has 2 aromatic carbocycles. The molecule has 0 fully saturated rings. The van der Waals surface area contributed by atoms with Crippen LogP contribution in [0.5, 0.6) is 0 Å². The summed E-state index contributed by atoms with van der Waals surface area (Å²) in [6, 6.07) is 20.4. The zero-order valence-corrected chi connectivity index (χ0v) is 25.7. The molecule has 0 saturated carbocycles. The second-order valence-corrected chi connectivity index (χ2v) is 11.7. The minimum Gasteiger partial charge on any atom is -0.383 e. The van der Waals surface area contributed by atoms with Gasteiger partial charge in [-0.15, -0.1) is 0 Å². The summed E-state index contributed by atoms with van der Waals surface area (Å²) in [4.78, 5) is 18.2. The Morgan fingerprint density at radius 1 is 0.630 bits per heavy atom. The standard InChI is InChI=1S/C18H20N6.C16H16N6/c1-24(2)8-6-12-10-14-17(21-12)13-4-3-11(15-5-7-20-23-15)9-16(13)22-18(14)19;17-5-3-10-8-12-15(20-10)11-2-1-9(13-4-6-19-22-13)7-14(11)21-16(12)18/h3-5,7,9-10,21H,6,8H2,1-2H3,(H2,19,22)(H,20,23);1-2,4,6-8,20H,3,5,17H2,(H2,18,21)(H,19,22). The zero-order chi connectivity index (χ0) is 31.8. The Balaban J connectivity index is 0.000000147. The average molecular weight is 613 g/mol. The molecule has 0 saturated heterocycles. The Kier molecular flexibility index (Phi) is 7.56. The van der Waals surface area contributed by atoms with Crippen LogP contribution in [0, 0.1) is 0 Å². The van der Waals surface area contributed by atoms with E-state index in [-0.39, 0.29) is 0 Å². The van der Waals surface area contributed by atoms with Gasteiger partial charge in [0.25, 0.3) is 0 Å². The van der Waals surface area contributed by atoms with Gasteiger partial charge < -0.3 is 32.1 Å². The number of nitrogens with two attached hydrogens (primary N) is 3. The van der Waals surface area contributed by atoms with Crippen LogP contribution in [0.1, 0.15) is 11.4 Å². The smallest absolute Gasteiger partial charge is 0.133 e. The van der Waals surface area contributed by atoms with Crippen LogP contribution in [0.25, 0.3) is 66.1 Å². The van der Waals surface area contributed by atoms with E-state index < -0.39 is 0 Å². The number of aromatic amines is 4. The summed E-state index contributed by atoms with van der Waals surface area (Å²) in [5.41, 5.74) is 28.0. The number of rotatable bonds is 7. The quantitative estimate of drug-likeness (QED) is 0.131. The van der Waals surface area contributed by atoms with Gasteiger partial charge >= 0.3 is 0 Å². The fourth-order valence-corrected chi connectivity index (χ4v) is 5.84. The first-order valence-corrected chi connectivity index (χ1v) is 15.1. The van der Waals surface area contributed by atoms with Crippen LogP contribution in [0.3, 0.4) is 0 Å². The largest absolute Gasteiger partial charge is 0.383 e. The number of H-pyrrole nitrogens is 4. The van der Waals surface area contributed by atoms with Crippen LogP contribution in [0.4, 0.5) is 11.6 Å². The van der Waals surface area contributed by atoms with Crippen molar-refractivity contribution in [1.29, 1.82) is 0 Å². The second kappa shape index (κ2) is 12.0.